The Labute approximate surface area is 184 Å². The van der Waals surface area contributed by atoms with Gasteiger partial charge < -0.3 is 20.6 Å². The van der Waals surface area contributed by atoms with E-state index in [1.807, 2.05) is 20.8 Å². The molecule has 3 saturated heterocycles. The summed E-state index contributed by atoms with van der Waals surface area (Å²) in [7, 11) is 0. The number of nitrogens with zero attached hydrogens (tertiary/aromatic N) is 1. The number of carbonyl (C=O) groups is 3. The quantitative estimate of drug-likeness (QED) is 0.481. The summed E-state index contributed by atoms with van der Waals surface area (Å²) in [6.45, 7) is 8.41. The first-order valence-electron chi connectivity index (χ1n) is 11.5. The number of hydrogen-bond donors (Lipinski definition) is 3. The number of rotatable bonds is 10. The van der Waals surface area contributed by atoms with Crippen LogP contribution in [0.25, 0.3) is 0 Å². The normalized spacial score (nSPS) is 34.0. The molecular weight excluding hydrogens is 402 g/mol. The molecule has 2 bridgehead atoms. The van der Waals surface area contributed by atoms with E-state index in [2.05, 4.69) is 17.6 Å². The van der Waals surface area contributed by atoms with Crippen LogP contribution in [0, 0.1) is 11.8 Å². The van der Waals surface area contributed by atoms with Gasteiger partial charge in [-0.3, -0.25) is 14.4 Å². The summed E-state index contributed by atoms with van der Waals surface area (Å²) in [5, 5.41) is 16.2. The van der Waals surface area contributed by atoms with Crippen molar-refractivity contribution < 1.29 is 19.5 Å². The Morgan fingerprint density at radius 1 is 1.27 bits per heavy atom. The third-order valence-electron chi connectivity index (χ3n) is 7.02. The van der Waals surface area contributed by atoms with Crippen molar-refractivity contribution in [2.45, 2.75) is 94.3 Å². The molecule has 0 aromatic carbocycles. The van der Waals surface area contributed by atoms with Crippen LogP contribution in [0.2, 0.25) is 0 Å². The number of carbonyl (C=O) groups excluding carboxylic acids is 3. The Morgan fingerprint density at radius 3 is 2.60 bits per heavy atom. The van der Waals surface area contributed by atoms with E-state index in [-0.39, 0.29) is 35.6 Å². The van der Waals surface area contributed by atoms with Gasteiger partial charge in [-0.05, 0) is 39.0 Å². The van der Waals surface area contributed by atoms with E-state index in [0.717, 1.165) is 32.1 Å². The minimum Gasteiger partial charge on any atom is -0.394 e. The van der Waals surface area contributed by atoms with Crippen molar-refractivity contribution in [3.05, 3.63) is 0 Å². The van der Waals surface area contributed by atoms with Crippen molar-refractivity contribution in [3.8, 4) is 0 Å². The smallest absolute Gasteiger partial charge is 0.244 e. The number of aliphatic hydroxyl groups is 1. The zero-order valence-corrected chi connectivity index (χ0v) is 19.5. The predicted molar refractivity (Wildman–Crippen MR) is 118 cm³/mol. The molecule has 30 heavy (non-hydrogen) atoms. The summed E-state index contributed by atoms with van der Waals surface area (Å²) in [5.41, 5.74) is 0. The number of likely N-dealkylation sites (tertiary alicyclic amines) is 1. The maximum Gasteiger partial charge on any atom is 0.244 e. The fourth-order valence-corrected chi connectivity index (χ4v) is 7.90. The molecule has 7 nitrogen and oxygen atoms in total. The number of thioether (sulfide) groups is 1. The highest BCUT2D eigenvalue weighted by Crippen LogP contribution is 2.66. The van der Waals surface area contributed by atoms with Crippen LogP contribution in [-0.2, 0) is 14.4 Å². The Morgan fingerprint density at radius 2 is 2.00 bits per heavy atom. The van der Waals surface area contributed by atoms with Crippen molar-refractivity contribution in [2.24, 2.45) is 11.8 Å². The monoisotopic (exact) mass is 439 g/mol. The maximum atomic E-state index is 13.7. The van der Waals surface area contributed by atoms with Crippen LogP contribution in [0.15, 0.2) is 0 Å². The average Bonchev–Trinajstić information content (AvgIpc) is 3.35. The molecule has 0 radical (unpaired) electrons. The SMILES string of the molecule is CCCNC(=O)[C@@H]1[C@@H]2CCC3(S2)C(C(=O)NC(C)CCC)N([C@@H](CC)CO)C(=O)[C@H]13. The summed E-state index contributed by atoms with van der Waals surface area (Å²) >= 11 is 1.68. The van der Waals surface area contributed by atoms with E-state index < -0.39 is 28.7 Å². The number of nitrogens with one attached hydrogen (secondary N) is 2. The van der Waals surface area contributed by atoms with Gasteiger partial charge in [-0.15, -0.1) is 11.8 Å². The molecule has 0 aromatic rings. The summed E-state index contributed by atoms with van der Waals surface area (Å²) in [6, 6.07) is -1.02. The fourth-order valence-electron chi connectivity index (χ4n) is 5.69. The summed E-state index contributed by atoms with van der Waals surface area (Å²) in [6.07, 6.45) is 4.85. The minimum atomic E-state index is -0.634. The van der Waals surface area contributed by atoms with Crippen LogP contribution in [0.1, 0.15) is 66.2 Å². The lowest BCUT2D eigenvalue weighted by Gasteiger charge is -2.37. The van der Waals surface area contributed by atoms with Gasteiger partial charge in [0.05, 0.1) is 29.2 Å². The third-order valence-corrected chi connectivity index (χ3v) is 8.98. The van der Waals surface area contributed by atoms with Crippen LogP contribution < -0.4 is 10.6 Å². The highest BCUT2D eigenvalue weighted by atomic mass is 32.2. The van der Waals surface area contributed by atoms with Gasteiger partial charge >= 0.3 is 0 Å². The average molecular weight is 440 g/mol. The molecule has 3 N–H and O–H groups in total. The third kappa shape index (κ3) is 3.74. The van der Waals surface area contributed by atoms with Gasteiger partial charge in [-0.25, -0.2) is 0 Å². The maximum absolute atomic E-state index is 13.7. The van der Waals surface area contributed by atoms with Gasteiger partial charge in [-0.1, -0.05) is 27.2 Å². The molecule has 170 valence electrons. The first-order chi connectivity index (χ1) is 14.4. The van der Waals surface area contributed by atoms with Gasteiger partial charge in [0.1, 0.15) is 6.04 Å². The van der Waals surface area contributed by atoms with Crippen LogP contribution in [0.5, 0.6) is 0 Å². The van der Waals surface area contributed by atoms with Crippen molar-refractivity contribution in [1.82, 2.24) is 15.5 Å². The van der Waals surface area contributed by atoms with Crippen LogP contribution in [-0.4, -0.2) is 69.0 Å². The molecule has 1 spiro atoms. The Balaban J connectivity index is 1.96. The van der Waals surface area contributed by atoms with Crippen LogP contribution in [0.4, 0.5) is 0 Å². The zero-order chi connectivity index (χ0) is 22.1. The van der Waals surface area contributed by atoms with E-state index in [1.165, 1.54) is 0 Å². The lowest BCUT2D eigenvalue weighted by molar-refractivity contribution is -0.143. The molecule has 8 heteroatoms. The largest absolute Gasteiger partial charge is 0.394 e. The highest BCUT2D eigenvalue weighted by Gasteiger charge is 2.74. The Kier molecular flexibility index (Phi) is 7.38. The number of hydrogen-bond acceptors (Lipinski definition) is 5. The number of fused-ring (bicyclic) bond motifs is 1. The molecule has 3 rings (SSSR count). The Bertz CT molecular complexity index is 671. The first-order valence-corrected chi connectivity index (χ1v) is 12.4. The van der Waals surface area contributed by atoms with Crippen molar-refractivity contribution in [3.63, 3.8) is 0 Å². The lowest BCUT2D eigenvalue weighted by atomic mass is 9.70. The molecule has 3 fully saturated rings. The Hall–Kier alpha value is -1.28. The molecule has 0 aliphatic carbocycles. The molecule has 0 saturated carbocycles. The second-order valence-electron chi connectivity index (χ2n) is 9.04. The van der Waals surface area contributed by atoms with Gasteiger partial charge in [0.2, 0.25) is 17.7 Å². The van der Waals surface area contributed by atoms with E-state index in [4.69, 9.17) is 0 Å². The molecular formula is C22H37N3O4S. The summed E-state index contributed by atoms with van der Waals surface area (Å²) < 4.78 is -0.575. The topological polar surface area (TPSA) is 98.7 Å². The second kappa shape index (κ2) is 9.47. The molecule has 3 amide bonds. The van der Waals surface area contributed by atoms with Crippen molar-refractivity contribution >= 4 is 29.5 Å². The standard InChI is InChI=1S/C22H37N3O4S/c1-5-8-13(4)24-20(28)18-22-10-9-15(30-22)16(19(27)23-11-6-2)17(22)21(29)25(18)14(7-3)12-26/h13-18,26H,5-12H2,1-4H3,(H,23,27)(H,24,28)/t13?,14-,15-,16+,17-,18?,22?/m0/s1. The van der Waals surface area contributed by atoms with Gasteiger partial charge in [0.25, 0.3) is 0 Å². The highest BCUT2D eigenvalue weighted by molar-refractivity contribution is 8.02. The van der Waals surface area contributed by atoms with Crippen molar-refractivity contribution in [1.29, 1.82) is 0 Å². The summed E-state index contributed by atoms with van der Waals surface area (Å²) in [5.74, 6) is -1.22. The molecule has 3 aliphatic heterocycles. The summed E-state index contributed by atoms with van der Waals surface area (Å²) in [4.78, 5) is 41.8. The molecule has 3 aliphatic rings. The van der Waals surface area contributed by atoms with E-state index in [0.29, 0.717) is 13.0 Å². The van der Waals surface area contributed by atoms with Crippen LogP contribution >= 0.6 is 11.8 Å². The van der Waals surface area contributed by atoms with Gasteiger partial charge in [0.15, 0.2) is 0 Å². The number of aliphatic hydroxyl groups excluding tert-OH is 1. The van der Waals surface area contributed by atoms with E-state index in [1.54, 1.807) is 16.7 Å². The first kappa shape index (κ1) is 23.4. The number of amides is 3. The van der Waals surface area contributed by atoms with Gasteiger partial charge in [0, 0.05) is 17.8 Å². The van der Waals surface area contributed by atoms with Crippen LogP contribution in [0.3, 0.4) is 0 Å². The van der Waals surface area contributed by atoms with E-state index in [9.17, 15) is 19.5 Å². The molecule has 3 heterocycles. The second-order valence-corrected chi connectivity index (χ2v) is 10.6. The zero-order valence-electron chi connectivity index (χ0n) is 18.6. The minimum absolute atomic E-state index is 0.0244. The van der Waals surface area contributed by atoms with Gasteiger partial charge in [-0.2, -0.15) is 0 Å². The molecule has 3 unspecified atom stereocenters. The molecule has 0 aromatic heterocycles. The lowest BCUT2D eigenvalue weighted by Crippen LogP contribution is -2.57. The molecule has 7 atom stereocenters. The van der Waals surface area contributed by atoms with E-state index >= 15 is 0 Å². The van der Waals surface area contributed by atoms with Crippen molar-refractivity contribution in [2.75, 3.05) is 13.2 Å². The fraction of sp³-hybridized carbons (Fsp3) is 0.864. The predicted octanol–water partition coefficient (Wildman–Crippen LogP) is 1.68.